The SMILES string of the molecule is Cc1ccc(C)cc1.Cc1ccc(OS(=O)N2CCOCC2)cc1S(=O)(=O)O.Cc1cccc(C(=O)c2cc(C(=O)O)ccc2C)c1. The van der Waals surface area contributed by atoms with Gasteiger partial charge in [0.25, 0.3) is 21.4 Å². The summed E-state index contributed by atoms with van der Waals surface area (Å²) in [5, 5.41) is 8.99. The number of aromatic carboxylic acids is 1. The second kappa shape index (κ2) is 17.1. The molecule has 1 unspecified atom stereocenters. The van der Waals surface area contributed by atoms with E-state index in [2.05, 4.69) is 38.1 Å². The molecule has 4 aromatic carbocycles. The number of rotatable bonds is 7. The van der Waals surface area contributed by atoms with Crippen LogP contribution in [0.3, 0.4) is 0 Å². The number of morpholine rings is 1. The predicted molar refractivity (Wildman–Crippen MR) is 181 cm³/mol. The minimum absolute atomic E-state index is 0.119. The monoisotopic (exact) mass is 681 g/mol. The minimum Gasteiger partial charge on any atom is -0.478 e. The molecular formula is C35H39NO9S2. The Morgan fingerprint density at radius 3 is 1.91 bits per heavy atom. The van der Waals surface area contributed by atoms with Gasteiger partial charge in [0, 0.05) is 30.3 Å². The average molecular weight is 682 g/mol. The molecule has 1 aliphatic rings. The lowest BCUT2D eigenvalue weighted by Gasteiger charge is -2.24. The van der Waals surface area contributed by atoms with E-state index in [0.29, 0.717) is 43.0 Å². The Hall–Kier alpha value is -4.20. The van der Waals surface area contributed by atoms with Crippen LogP contribution in [0.25, 0.3) is 0 Å². The number of aryl methyl sites for hydroxylation is 5. The van der Waals surface area contributed by atoms with Gasteiger partial charge in [-0.1, -0.05) is 71.3 Å². The number of ketones is 1. The average Bonchev–Trinajstić information content (AvgIpc) is 3.03. The number of carboxylic acids is 1. The number of benzene rings is 4. The fourth-order valence-electron chi connectivity index (χ4n) is 4.32. The molecule has 250 valence electrons. The van der Waals surface area contributed by atoms with E-state index in [1.807, 2.05) is 19.1 Å². The molecule has 5 rings (SSSR count). The third kappa shape index (κ3) is 11.5. The Morgan fingerprint density at radius 1 is 0.766 bits per heavy atom. The number of carbonyl (C=O) groups is 2. The summed E-state index contributed by atoms with van der Waals surface area (Å²) in [6.45, 7) is 11.3. The van der Waals surface area contributed by atoms with Crippen LogP contribution in [0.2, 0.25) is 0 Å². The minimum atomic E-state index is -4.33. The summed E-state index contributed by atoms with van der Waals surface area (Å²) in [7, 11) is -4.33. The molecule has 1 aliphatic heterocycles. The van der Waals surface area contributed by atoms with Crippen LogP contribution in [0.5, 0.6) is 5.75 Å². The van der Waals surface area contributed by atoms with Crippen molar-refractivity contribution in [3.05, 3.63) is 129 Å². The summed E-state index contributed by atoms with van der Waals surface area (Å²) in [6.07, 6.45) is 0. The van der Waals surface area contributed by atoms with E-state index >= 15 is 0 Å². The van der Waals surface area contributed by atoms with Gasteiger partial charge in [-0.2, -0.15) is 16.9 Å². The Kier molecular flexibility index (Phi) is 13.6. The molecular weight excluding hydrogens is 643 g/mol. The third-order valence-electron chi connectivity index (χ3n) is 7.01. The number of nitrogens with zero attached hydrogens (tertiary/aromatic N) is 1. The summed E-state index contributed by atoms with van der Waals surface area (Å²) < 4.78 is 55.4. The molecule has 12 heteroatoms. The molecule has 1 saturated heterocycles. The first-order valence-electron chi connectivity index (χ1n) is 14.7. The molecule has 4 aromatic rings. The van der Waals surface area contributed by atoms with Crippen molar-refractivity contribution in [2.45, 2.75) is 39.5 Å². The van der Waals surface area contributed by atoms with E-state index in [4.69, 9.17) is 18.6 Å². The molecule has 2 N–H and O–H groups in total. The van der Waals surface area contributed by atoms with Crippen LogP contribution in [0, 0.1) is 34.6 Å². The first-order chi connectivity index (χ1) is 22.1. The lowest BCUT2D eigenvalue weighted by atomic mass is 9.96. The summed E-state index contributed by atoms with van der Waals surface area (Å²) in [5.74, 6) is -1.06. The molecule has 1 atom stereocenters. The van der Waals surface area contributed by atoms with Gasteiger partial charge in [-0.25, -0.2) is 4.79 Å². The number of carboxylic acid groups (broad SMARTS) is 1. The lowest BCUT2D eigenvalue weighted by molar-refractivity contribution is 0.0696. The van der Waals surface area contributed by atoms with Crippen LogP contribution < -0.4 is 4.18 Å². The molecule has 0 bridgehead atoms. The molecule has 0 aromatic heterocycles. The Bertz CT molecular complexity index is 1810. The topological polar surface area (TPSA) is 148 Å². The standard InChI is InChI=1S/C16H14O3.C11H15NO6S2.C8H10/c1-10-4-3-5-12(8-10)15(17)14-9-13(16(18)19)7-6-11(14)2;1-9-2-3-10(8-11(9)20(14,15)16)18-19(13)12-4-6-17-7-5-12;1-7-3-5-8(2)6-4-7/h3-9H,1-2H3,(H,18,19);2-3,8H,4-7H2,1H3,(H,14,15,16);3-6H,1-2H3. The second-order valence-electron chi connectivity index (χ2n) is 10.9. The van der Waals surface area contributed by atoms with Gasteiger partial charge in [0.15, 0.2) is 5.78 Å². The highest BCUT2D eigenvalue weighted by Gasteiger charge is 2.20. The van der Waals surface area contributed by atoms with Crippen LogP contribution in [-0.2, 0) is 26.1 Å². The van der Waals surface area contributed by atoms with Gasteiger partial charge >= 0.3 is 5.97 Å². The number of hydrogen-bond acceptors (Lipinski definition) is 7. The Morgan fingerprint density at radius 2 is 1.36 bits per heavy atom. The predicted octanol–water partition coefficient (Wildman–Crippen LogP) is 6.07. The number of hydrogen-bond donors (Lipinski definition) is 2. The summed E-state index contributed by atoms with van der Waals surface area (Å²) >= 11 is -1.72. The van der Waals surface area contributed by atoms with E-state index in [-0.39, 0.29) is 22.0 Å². The molecule has 0 aliphatic carbocycles. The number of carbonyl (C=O) groups excluding carboxylic acids is 1. The van der Waals surface area contributed by atoms with E-state index in [1.54, 1.807) is 36.4 Å². The highest BCUT2D eigenvalue weighted by Crippen LogP contribution is 2.23. The smallest absolute Gasteiger partial charge is 0.335 e. The largest absolute Gasteiger partial charge is 0.478 e. The molecule has 10 nitrogen and oxygen atoms in total. The maximum absolute atomic E-state index is 12.4. The first-order valence-corrected chi connectivity index (χ1v) is 17.1. The fourth-order valence-corrected chi connectivity index (χ4v) is 5.88. The van der Waals surface area contributed by atoms with Gasteiger partial charge in [-0.15, -0.1) is 0 Å². The highest BCUT2D eigenvalue weighted by molar-refractivity contribution is 7.85. The fraction of sp³-hybridized carbons (Fsp3) is 0.257. The zero-order chi connectivity index (χ0) is 34.7. The van der Waals surface area contributed by atoms with Crippen molar-refractivity contribution < 1.29 is 40.8 Å². The van der Waals surface area contributed by atoms with Crippen molar-refractivity contribution in [3.63, 3.8) is 0 Å². The van der Waals surface area contributed by atoms with Crippen LogP contribution in [0.1, 0.15) is 54.1 Å². The Labute approximate surface area is 278 Å². The van der Waals surface area contributed by atoms with E-state index in [1.165, 1.54) is 35.4 Å². The van der Waals surface area contributed by atoms with E-state index in [9.17, 15) is 22.2 Å². The van der Waals surface area contributed by atoms with Crippen molar-refractivity contribution in [2.24, 2.45) is 0 Å². The molecule has 0 spiro atoms. The summed E-state index contributed by atoms with van der Waals surface area (Å²) in [5.41, 5.74) is 5.95. The van der Waals surface area contributed by atoms with Crippen LogP contribution in [0.4, 0.5) is 0 Å². The van der Waals surface area contributed by atoms with Crippen LogP contribution in [-0.4, -0.2) is 64.6 Å². The summed E-state index contributed by atoms with van der Waals surface area (Å²) in [4.78, 5) is 23.1. The normalized spacial score (nSPS) is 13.7. The number of ether oxygens (including phenoxy) is 1. The molecule has 1 fully saturated rings. The lowest BCUT2D eigenvalue weighted by Crippen LogP contribution is -2.39. The van der Waals surface area contributed by atoms with Crippen LogP contribution >= 0.6 is 0 Å². The van der Waals surface area contributed by atoms with Gasteiger partial charge in [0.2, 0.25) is 0 Å². The van der Waals surface area contributed by atoms with Crippen molar-refractivity contribution >= 4 is 33.1 Å². The van der Waals surface area contributed by atoms with Crippen molar-refractivity contribution in [3.8, 4) is 5.75 Å². The summed E-state index contributed by atoms with van der Waals surface area (Å²) in [6, 6.07) is 24.5. The first kappa shape index (κ1) is 37.3. The van der Waals surface area contributed by atoms with E-state index < -0.39 is 27.4 Å². The maximum Gasteiger partial charge on any atom is 0.335 e. The zero-order valence-corrected chi connectivity index (χ0v) is 28.6. The van der Waals surface area contributed by atoms with Gasteiger partial charge in [0.1, 0.15) is 10.6 Å². The maximum atomic E-state index is 12.4. The molecule has 0 saturated carbocycles. The van der Waals surface area contributed by atoms with Crippen molar-refractivity contribution in [1.29, 1.82) is 0 Å². The molecule has 1 heterocycles. The third-order valence-corrected chi connectivity index (χ3v) is 9.13. The zero-order valence-electron chi connectivity index (χ0n) is 26.9. The molecule has 47 heavy (non-hydrogen) atoms. The molecule has 0 radical (unpaired) electrons. The van der Waals surface area contributed by atoms with Gasteiger partial charge in [-0.05, 0) is 70.0 Å². The van der Waals surface area contributed by atoms with E-state index in [0.717, 1.165) is 17.2 Å². The Balaban J connectivity index is 0.000000208. The van der Waals surface area contributed by atoms with Crippen molar-refractivity contribution in [2.75, 3.05) is 26.3 Å². The molecule has 0 amide bonds. The van der Waals surface area contributed by atoms with Gasteiger partial charge in [0.05, 0.1) is 18.8 Å². The quantitative estimate of drug-likeness (QED) is 0.175. The van der Waals surface area contributed by atoms with Gasteiger partial charge in [-0.3, -0.25) is 9.35 Å². The van der Waals surface area contributed by atoms with Crippen molar-refractivity contribution in [1.82, 2.24) is 4.31 Å². The second-order valence-corrected chi connectivity index (χ2v) is 13.4. The highest BCUT2D eigenvalue weighted by atomic mass is 32.2. The van der Waals surface area contributed by atoms with Gasteiger partial charge < -0.3 is 14.0 Å². The van der Waals surface area contributed by atoms with Crippen LogP contribution in [0.15, 0.2) is 89.8 Å².